The highest BCUT2D eigenvalue weighted by Gasteiger charge is 1.95. The van der Waals surface area contributed by atoms with Gasteiger partial charge in [0.1, 0.15) is 0 Å². The molecule has 0 aliphatic rings. The van der Waals surface area contributed by atoms with Crippen molar-refractivity contribution in [3.05, 3.63) is 64.9 Å². The molecule has 0 amide bonds. The van der Waals surface area contributed by atoms with Crippen molar-refractivity contribution < 1.29 is 4.92 Å². The molecule has 0 atom stereocenters. The van der Waals surface area contributed by atoms with Gasteiger partial charge in [0.2, 0.25) is 6.20 Å². The third-order valence-corrected chi connectivity index (χ3v) is 2.08. The van der Waals surface area contributed by atoms with Gasteiger partial charge >= 0.3 is 0 Å². The smallest absolute Gasteiger partial charge is 0.235 e. The zero-order valence-corrected chi connectivity index (χ0v) is 8.35. The predicted molar refractivity (Wildman–Crippen MR) is 59.6 cm³/mol. The Labute approximate surface area is 91.8 Å². The zero-order chi connectivity index (χ0) is 11.4. The van der Waals surface area contributed by atoms with Crippen LogP contribution in [0.15, 0.2) is 49.2 Å². The molecule has 1 heterocycles. The van der Waals surface area contributed by atoms with Gasteiger partial charge in [-0.2, -0.15) is 0 Å². The summed E-state index contributed by atoms with van der Waals surface area (Å²) in [5.41, 5.74) is 1.76. The molecule has 0 aliphatic carbocycles. The molecule has 2 rings (SSSR count). The van der Waals surface area contributed by atoms with Crippen LogP contribution in [-0.4, -0.2) is 14.5 Å². The molecule has 0 bridgehead atoms. The van der Waals surface area contributed by atoms with Crippen LogP contribution in [0, 0.1) is 10.1 Å². The van der Waals surface area contributed by atoms with Crippen LogP contribution in [0.3, 0.4) is 0 Å². The molecular weight excluding hydrogens is 206 g/mol. The van der Waals surface area contributed by atoms with E-state index in [1.807, 2.05) is 35.0 Å². The third kappa shape index (κ3) is 2.33. The normalized spacial score (nSPS) is 10.8. The van der Waals surface area contributed by atoms with E-state index in [-0.39, 0.29) is 0 Å². The fraction of sp³-hybridized carbons (Fsp3) is 0. The van der Waals surface area contributed by atoms with E-state index in [0.29, 0.717) is 0 Å². The number of hydrogen-bond donors (Lipinski definition) is 0. The summed E-state index contributed by atoms with van der Waals surface area (Å²) in [6.07, 6.45) is 7.61. The first kappa shape index (κ1) is 10.1. The summed E-state index contributed by atoms with van der Waals surface area (Å²) in [5.74, 6) is 0. The maximum Gasteiger partial charge on any atom is 0.235 e. The number of hydrogen-bond acceptors (Lipinski definition) is 3. The van der Waals surface area contributed by atoms with E-state index in [9.17, 15) is 10.1 Å². The van der Waals surface area contributed by atoms with Crippen LogP contribution in [-0.2, 0) is 0 Å². The van der Waals surface area contributed by atoms with Gasteiger partial charge in [-0.25, -0.2) is 4.98 Å². The van der Waals surface area contributed by atoms with Crippen LogP contribution in [0.2, 0.25) is 0 Å². The highest BCUT2D eigenvalue weighted by atomic mass is 16.6. The first-order chi connectivity index (χ1) is 7.75. The molecule has 16 heavy (non-hydrogen) atoms. The highest BCUT2D eigenvalue weighted by molar-refractivity contribution is 5.50. The van der Waals surface area contributed by atoms with Crippen molar-refractivity contribution in [3.63, 3.8) is 0 Å². The highest BCUT2D eigenvalue weighted by Crippen LogP contribution is 2.10. The number of nitrogens with zero attached hydrogens (tertiary/aromatic N) is 3. The molecule has 0 fully saturated rings. The van der Waals surface area contributed by atoms with Crippen molar-refractivity contribution >= 4 is 6.08 Å². The van der Waals surface area contributed by atoms with Crippen LogP contribution in [0.4, 0.5) is 0 Å². The summed E-state index contributed by atoms with van der Waals surface area (Å²) in [5, 5.41) is 10.1. The van der Waals surface area contributed by atoms with Gasteiger partial charge in [0, 0.05) is 24.2 Å². The van der Waals surface area contributed by atoms with Gasteiger partial charge in [-0.1, -0.05) is 12.1 Å². The second-order valence-electron chi connectivity index (χ2n) is 3.16. The third-order valence-electron chi connectivity index (χ3n) is 2.08. The average Bonchev–Trinajstić information content (AvgIpc) is 2.80. The van der Waals surface area contributed by atoms with Crippen molar-refractivity contribution in [2.45, 2.75) is 0 Å². The molecule has 5 nitrogen and oxygen atoms in total. The lowest BCUT2D eigenvalue weighted by atomic mass is 10.2. The second kappa shape index (κ2) is 4.39. The Kier molecular flexibility index (Phi) is 2.77. The minimum atomic E-state index is -0.482. The Bertz CT molecular complexity index is 501. The molecule has 1 aromatic heterocycles. The van der Waals surface area contributed by atoms with Crippen LogP contribution in [0.1, 0.15) is 5.56 Å². The van der Waals surface area contributed by atoms with Gasteiger partial charge in [-0.05, 0) is 17.7 Å². The molecule has 0 N–H and O–H groups in total. The van der Waals surface area contributed by atoms with Crippen molar-refractivity contribution in [3.8, 4) is 5.69 Å². The second-order valence-corrected chi connectivity index (χ2v) is 3.16. The van der Waals surface area contributed by atoms with Gasteiger partial charge in [0.15, 0.2) is 0 Å². The first-order valence-electron chi connectivity index (χ1n) is 4.66. The summed E-state index contributed by atoms with van der Waals surface area (Å²) in [6, 6.07) is 7.38. The van der Waals surface area contributed by atoms with Crippen LogP contribution < -0.4 is 0 Å². The summed E-state index contributed by atoms with van der Waals surface area (Å²) in [4.78, 5) is 13.6. The largest absolute Gasteiger partial charge is 0.306 e. The summed E-state index contributed by atoms with van der Waals surface area (Å²) in [7, 11) is 0. The number of benzene rings is 1. The van der Waals surface area contributed by atoms with Crippen LogP contribution in [0.5, 0.6) is 0 Å². The van der Waals surface area contributed by atoms with Crippen molar-refractivity contribution in [1.29, 1.82) is 0 Å². The van der Waals surface area contributed by atoms with Gasteiger partial charge in [0.25, 0.3) is 0 Å². The molecule has 0 aliphatic heterocycles. The molecule has 1 aromatic carbocycles. The molecule has 80 valence electrons. The molecule has 2 aromatic rings. The molecule has 0 radical (unpaired) electrons. The van der Waals surface area contributed by atoms with Crippen molar-refractivity contribution in [2.75, 3.05) is 0 Å². The lowest BCUT2D eigenvalue weighted by molar-refractivity contribution is -0.400. The predicted octanol–water partition coefficient (Wildman–Crippen LogP) is 2.12. The SMILES string of the molecule is O=[N+]([O-])C=Cc1ccc(-n2ccnc2)cc1. The Morgan fingerprint density at radius 3 is 2.62 bits per heavy atom. The number of rotatable bonds is 3. The van der Waals surface area contributed by atoms with Crippen molar-refractivity contribution in [2.24, 2.45) is 0 Å². The molecule has 0 spiro atoms. The minimum Gasteiger partial charge on any atom is -0.306 e. The van der Waals surface area contributed by atoms with E-state index in [1.165, 1.54) is 6.08 Å². The fourth-order valence-electron chi connectivity index (χ4n) is 1.32. The number of aromatic nitrogens is 2. The van der Waals surface area contributed by atoms with E-state index in [2.05, 4.69) is 4.98 Å². The lowest BCUT2D eigenvalue weighted by Gasteiger charge is -2.01. The number of nitro groups is 1. The molecule has 0 saturated heterocycles. The molecule has 0 saturated carbocycles. The van der Waals surface area contributed by atoms with Crippen LogP contribution >= 0.6 is 0 Å². The Morgan fingerprint density at radius 2 is 2.06 bits per heavy atom. The topological polar surface area (TPSA) is 61.0 Å². The Hall–Kier alpha value is -2.43. The van der Waals surface area contributed by atoms with E-state index in [1.54, 1.807) is 12.5 Å². The quantitative estimate of drug-likeness (QED) is 0.582. The molecule has 0 unspecified atom stereocenters. The van der Waals surface area contributed by atoms with Crippen LogP contribution in [0.25, 0.3) is 11.8 Å². The summed E-state index contributed by atoms with van der Waals surface area (Å²) >= 11 is 0. The van der Waals surface area contributed by atoms with Gasteiger partial charge in [-0.3, -0.25) is 10.1 Å². The fourth-order valence-corrected chi connectivity index (χ4v) is 1.32. The van der Waals surface area contributed by atoms with E-state index in [4.69, 9.17) is 0 Å². The van der Waals surface area contributed by atoms with Gasteiger partial charge < -0.3 is 4.57 Å². The monoisotopic (exact) mass is 215 g/mol. The first-order valence-corrected chi connectivity index (χ1v) is 4.66. The standard InChI is InChI=1S/C11H9N3O2/c15-14(16)7-5-10-1-3-11(4-2-10)13-8-6-12-9-13/h1-9H. The summed E-state index contributed by atoms with van der Waals surface area (Å²) < 4.78 is 1.86. The summed E-state index contributed by atoms with van der Waals surface area (Å²) in [6.45, 7) is 0. The average molecular weight is 215 g/mol. The minimum absolute atomic E-state index is 0.482. The van der Waals surface area contributed by atoms with E-state index >= 15 is 0 Å². The Balaban J connectivity index is 2.20. The van der Waals surface area contributed by atoms with Gasteiger partial charge in [-0.15, -0.1) is 0 Å². The Morgan fingerprint density at radius 1 is 1.31 bits per heavy atom. The number of imidazole rings is 1. The van der Waals surface area contributed by atoms with E-state index < -0.39 is 4.92 Å². The molecule has 5 heteroatoms. The maximum atomic E-state index is 10.1. The van der Waals surface area contributed by atoms with E-state index in [0.717, 1.165) is 17.5 Å². The maximum absolute atomic E-state index is 10.1. The molecular formula is C11H9N3O2. The lowest BCUT2D eigenvalue weighted by Crippen LogP contribution is -1.89. The van der Waals surface area contributed by atoms with Gasteiger partial charge in [0.05, 0.1) is 11.3 Å². The zero-order valence-electron chi connectivity index (χ0n) is 8.35. The van der Waals surface area contributed by atoms with Crippen molar-refractivity contribution in [1.82, 2.24) is 9.55 Å².